The van der Waals surface area contributed by atoms with Gasteiger partial charge in [-0.3, -0.25) is 4.90 Å². The van der Waals surface area contributed by atoms with E-state index in [9.17, 15) is 0 Å². The van der Waals surface area contributed by atoms with Crippen LogP contribution in [0.15, 0.2) is 0 Å². The van der Waals surface area contributed by atoms with E-state index in [1.165, 1.54) is 64.5 Å². The molecule has 0 aromatic heterocycles. The van der Waals surface area contributed by atoms with Gasteiger partial charge in [-0.25, -0.2) is 0 Å². The van der Waals surface area contributed by atoms with Crippen LogP contribution in [0.25, 0.3) is 0 Å². The van der Waals surface area contributed by atoms with E-state index in [4.69, 9.17) is 5.73 Å². The van der Waals surface area contributed by atoms with Crippen molar-refractivity contribution in [2.24, 2.45) is 5.73 Å². The molecule has 1 saturated carbocycles. The Morgan fingerprint density at radius 3 is 1.81 bits per heavy atom. The van der Waals surface area contributed by atoms with Gasteiger partial charge in [0.25, 0.3) is 0 Å². The van der Waals surface area contributed by atoms with Crippen molar-refractivity contribution < 1.29 is 0 Å². The van der Waals surface area contributed by atoms with E-state index < -0.39 is 0 Å². The van der Waals surface area contributed by atoms with E-state index in [2.05, 4.69) is 18.7 Å². The first kappa shape index (κ1) is 14.0. The molecular weight excluding hydrogens is 196 g/mol. The lowest BCUT2D eigenvalue weighted by molar-refractivity contribution is 0.0776. The lowest BCUT2D eigenvalue weighted by Crippen LogP contribution is -2.54. The number of nitrogens with two attached hydrogens (primary N) is 1. The molecule has 2 N–H and O–H groups in total. The molecule has 1 rings (SSSR count). The highest BCUT2D eigenvalue weighted by atomic mass is 15.2. The Bertz CT molecular complexity index is 166. The Balaban J connectivity index is 2.71. The van der Waals surface area contributed by atoms with E-state index in [0.29, 0.717) is 5.54 Å². The zero-order valence-corrected chi connectivity index (χ0v) is 11.3. The lowest BCUT2D eigenvalue weighted by atomic mass is 9.87. The first-order valence-electron chi connectivity index (χ1n) is 7.24. The molecule has 16 heavy (non-hydrogen) atoms. The van der Waals surface area contributed by atoms with Gasteiger partial charge in [-0.1, -0.05) is 39.5 Å². The highest BCUT2D eigenvalue weighted by Crippen LogP contribution is 2.32. The van der Waals surface area contributed by atoms with E-state index in [-0.39, 0.29) is 0 Å². The molecular formula is C14H30N2. The molecule has 0 amide bonds. The van der Waals surface area contributed by atoms with Crippen LogP contribution in [0, 0.1) is 0 Å². The summed E-state index contributed by atoms with van der Waals surface area (Å²) < 4.78 is 0. The van der Waals surface area contributed by atoms with Crippen LogP contribution in [0.1, 0.15) is 65.2 Å². The molecule has 0 atom stereocenters. The van der Waals surface area contributed by atoms with E-state index >= 15 is 0 Å². The van der Waals surface area contributed by atoms with E-state index in [1.807, 2.05) is 0 Å². The molecule has 0 saturated heterocycles. The van der Waals surface area contributed by atoms with Gasteiger partial charge in [0, 0.05) is 12.1 Å². The van der Waals surface area contributed by atoms with Gasteiger partial charge < -0.3 is 5.73 Å². The summed E-state index contributed by atoms with van der Waals surface area (Å²) in [6, 6.07) is 0. The summed E-state index contributed by atoms with van der Waals surface area (Å²) in [5.74, 6) is 0. The Morgan fingerprint density at radius 1 is 0.938 bits per heavy atom. The van der Waals surface area contributed by atoms with Crippen molar-refractivity contribution in [3.05, 3.63) is 0 Å². The topological polar surface area (TPSA) is 29.3 Å². The summed E-state index contributed by atoms with van der Waals surface area (Å²) in [6.45, 7) is 7.87. The molecule has 0 heterocycles. The minimum absolute atomic E-state index is 0.336. The normalized spacial score (nSPS) is 21.0. The number of nitrogens with zero attached hydrogens (tertiary/aromatic N) is 1. The standard InChI is InChI=1S/C14H30N2/c1-3-11-16(12-4-2)14(13-15)9-7-5-6-8-10-14/h3-13,15H2,1-2H3. The van der Waals surface area contributed by atoms with Gasteiger partial charge in [0.1, 0.15) is 0 Å². The molecule has 2 nitrogen and oxygen atoms in total. The maximum absolute atomic E-state index is 6.13. The van der Waals surface area contributed by atoms with E-state index in [1.54, 1.807) is 0 Å². The minimum Gasteiger partial charge on any atom is -0.329 e. The largest absolute Gasteiger partial charge is 0.329 e. The number of hydrogen-bond acceptors (Lipinski definition) is 2. The van der Waals surface area contributed by atoms with Crippen LogP contribution >= 0.6 is 0 Å². The van der Waals surface area contributed by atoms with Crippen molar-refractivity contribution >= 4 is 0 Å². The summed E-state index contributed by atoms with van der Waals surface area (Å²) in [4.78, 5) is 2.69. The molecule has 1 fully saturated rings. The lowest BCUT2D eigenvalue weighted by Gasteiger charge is -2.43. The van der Waals surface area contributed by atoms with Gasteiger partial charge in [-0.2, -0.15) is 0 Å². The van der Waals surface area contributed by atoms with Crippen molar-refractivity contribution in [2.45, 2.75) is 70.8 Å². The van der Waals surface area contributed by atoms with Gasteiger partial charge in [-0.05, 0) is 38.8 Å². The van der Waals surface area contributed by atoms with Crippen LogP contribution in [0.5, 0.6) is 0 Å². The van der Waals surface area contributed by atoms with Crippen LogP contribution in [0.3, 0.4) is 0 Å². The van der Waals surface area contributed by atoms with Gasteiger partial charge in [0.2, 0.25) is 0 Å². The third-order valence-corrected chi connectivity index (χ3v) is 4.07. The third-order valence-electron chi connectivity index (χ3n) is 4.07. The number of hydrogen-bond donors (Lipinski definition) is 1. The fourth-order valence-electron chi connectivity index (χ4n) is 3.16. The zero-order chi connectivity index (χ0) is 11.9. The Kier molecular flexibility index (Phi) is 6.37. The molecule has 1 aliphatic carbocycles. The Morgan fingerprint density at radius 2 is 1.44 bits per heavy atom. The second kappa shape index (κ2) is 7.29. The maximum Gasteiger partial charge on any atom is 0.0331 e. The first-order chi connectivity index (χ1) is 7.79. The van der Waals surface area contributed by atoms with Crippen molar-refractivity contribution in [3.63, 3.8) is 0 Å². The molecule has 1 aliphatic rings. The monoisotopic (exact) mass is 226 g/mol. The highest BCUT2D eigenvalue weighted by molar-refractivity contribution is 4.92. The Hall–Kier alpha value is -0.0800. The Labute approximate surface area is 102 Å². The molecule has 0 spiro atoms. The van der Waals surface area contributed by atoms with Gasteiger partial charge >= 0.3 is 0 Å². The van der Waals surface area contributed by atoms with Crippen molar-refractivity contribution in [1.82, 2.24) is 4.90 Å². The summed E-state index contributed by atoms with van der Waals surface area (Å²) >= 11 is 0. The molecule has 0 unspecified atom stereocenters. The fourth-order valence-corrected chi connectivity index (χ4v) is 3.16. The van der Waals surface area contributed by atoms with Crippen LogP contribution in [0.4, 0.5) is 0 Å². The predicted octanol–water partition coefficient (Wildman–Crippen LogP) is 3.16. The quantitative estimate of drug-likeness (QED) is 0.705. The number of rotatable bonds is 6. The van der Waals surface area contributed by atoms with Crippen LogP contribution in [0.2, 0.25) is 0 Å². The SMILES string of the molecule is CCCN(CCC)C1(CN)CCCCCC1. The second-order valence-electron chi connectivity index (χ2n) is 5.33. The van der Waals surface area contributed by atoms with Crippen LogP contribution < -0.4 is 5.73 Å². The maximum atomic E-state index is 6.13. The minimum atomic E-state index is 0.336. The van der Waals surface area contributed by atoms with Crippen molar-refractivity contribution in [3.8, 4) is 0 Å². The molecule has 2 heteroatoms. The van der Waals surface area contributed by atoms with Crippen LogP contribution in [-0.4, -0.2) is 30.1 Å². The average Bonchev–Trinajstić information content (AvgIpc) is 2.55. The first-order valence-corrected chi connectivity index (χ1v) is 7.24. The van der Waals surface area contributed by atoms with Gasteiger partial charge in [0.05, 0.1) is 0 Å². The molecule has 96 valence electrons. The molecule has 0 radical (unpaired) electrons. The van der Waals surface area contributed by atoms with Crippen LogP contribution in [-0.2, 0) is 0 Å². The van der Waals surface area contributed by atoms with Crippen molar-refractivity contribution in [1.29, 1.82) is 0 Å². The molecule has 0 aliphatic heterocycles. The van der Waals surface area contributed by atoms with E-state index in [0.717, 1.165) is 6.54 Å². The average molecular weight is 226 g/mol. The summed E-state index contributed by atoms with van der Waals surface area (Å²) in [5, 5.41) is 0. The fraction of sp³-hybridized carbons (Fsp3) is 1.00. The predicted molar refractivity (Wildman–Crippen MR) is 71.6 cm³/mol. The molecule has 0 aromatic rings. The third kappa shape index (κ3) is 3.46. The molecule has 0 aromatic carbocycles. The summed E-state index contributed by atoms with van der Waals surface area (Å²) in [6.07, 6.45) is 10.7. The van der Waals surface area contributed by atoms with Gasteiger partial charge in [-0.15, -0.1) is 0 Å². The van der Waals surface area contributed by atoms with Gasteiger partial charge in [0.15, 0.2) is 0 Å². The highest BCUT2D eigenvalue weighted by Gasteiger charge is 2.34. The summed E-state index contributed by atoms with van der Waals surface area (Å²) in [5.41, 5.74) is 6.46. The van der Waals surface area contributed by atoms with Crippen molar-refractivity contribution in [2.75, 3.05) is 19.6 Å². The molecule has 0 bridgehead atoms. The second-order valence-corrected chi connectivity index (χ2v) is 5.33. The summed E-state index contributed by atoms with van der Waals surface area (Å²) in [7, 11) is 0. The smallest absolute Gasteiger partial charge is 0.0331 e. The zero-order valence-electron chi connectivity index (χ0n) is 11.3.